The Labute approximate surface area is 236 Å². The summed E-state index contributed by atoms with van der Waals surface area (Å²) in [6.45, 7) is 15.2. The molecule has 2 amide bonds. The number of allylic oxidation sites excluding steroid dienone is 1. The van der Waals surface area contributed by atoms with E-state index < -0.39 is 22.6 Å². The normalized spacial score (nSPS) is 31.8. The highest BCUT2D eigenvalue weighted by atomic mass is 32.2. The summed E-state index contributed by atoms with van der Waals surface area (Å²) < 4.78 is 10.5. The molecule has 4 rings (SSSR count). The molecule has 3 unspecified atom stereocenters. The highest BCUT2D eigenvalue weighted by Crippen LogP contribution is 2.68. The molecule has 4 aliphatic heterocycles. The highest BCUT2D eigenvalue weighted by Gasteiger charge is 2.76. The first-order chi connectivity index (χ1) is 18.9. The molecule has 10 heteroatoms. The van der Waals surface area contributed by atoms with Crippen molar-refractivity contribution < 1.29 is 29.0 Å². The summed E-state index contributed by atoms with van der Waals surface area (Å²) in [6, 6.07) is -0.651. The van der Waals surface area contributed by atoms with E-state index in [1.165, 1.54) is 0 Å². The van der Waals surface area contributed by atoms with Gasteiger partial charge in [0.05, 0.1) is 36.4 Å². The number of thioether (sulfide) groups is 1. The SMILES string of the molecule is C=CCCCOC(=O)[C@@H]1[C@@H]2CC(C)C3(S2)C(C(=O)N(CC=C)CCN2CCOCC2)N(CCCCO)C(=O)[C@H]13. The van der Waals surface area contributed by atoms with Crippen molar-refractivity contribution in [2.75, 3.05) is 65.7 Å². The lowest BCUT2D eigenvalue weighted by Crippen LogP contribution is -2.58. The Kier molecular flexibility index (Phi) is 10.5. The predicted octanol–water partition coefficient (Wildman–Crippen LogP) is 1.95. The Bertz CT molecular complexity index is 911. The van der Waals surface area contributed by atoms with E-state index in [9.17, 15) is 19.5 Å². The van der Waals surface area contributed by atoms with Crippen molar-refractivity contribution in [1.82, 2.24) is 14.7 Å². The number of carbonyl (C=O) groups excluding carboxylic acids is 3. The summed E-state index contributed by atoms with van der Waals surface area (Å²) in [4.78, 5) is 47.8. The fraction of sp³-hybridized carbons (Fsp3) is 0.759. The van der Waals surface area contributed by atoms with Crippen LogP contribution in [0.5, 0.6) is 0 Å². The minimum atomic E-state index is -0.665. The van der Waals surface area contributed by atoms with Crippen LogP contribution in [0.15, 0.2) is 25.3 Å². The van der Waals surface area contributed by atoms with Gasteiger partial charge >= 0.3 is 5.97 Å². The van der Waals surface area contributed by atoms with E-state index in [-0.39, 0.29) is 35.6 Å². The molecule has 4 saturated heterocycles. The number of hydrogen-bond donors (Lipinski definition) is 1. The molecule has 0 radical (unpaired) electrons. The Morgan fingerprint density at radius 1 is 1.21 bits per heavy atom. The second-order valence-corrected chi connectivity index (χ2v) is 12.7. The quantitative estimate of drug-likeness (QED) is 0.183. The number of amides is 2. The predicted molar refractivity (Wildman–Crippen MR) is 151 cm³/mol. The van der Waals surface area contributed by atoms with Crippen molar-refractivity contribution in [2.45, 2.75) is 55.1 Å². The number of hydrogen-bond acceptors (Lipinski definition) is 8. The summed E-state index contributed by atoms with van der Waals surface area (Å²) in [7, 11) is 0. The lowest BCUT2D eigenvalue weighted by atomic mass is 9.66. The van der Waals surface area contributed by atoms with Gasteiger partial charge in [-0.2, -0.15) is 0 Å². The fourth-order valence-corrected chi connectivity index (χ4v) is 9.31. The van der Waals surface area contributed by atoms with Crippen LogP contribution in [0.4, 0.5) is 0 Å². The number of ether oxygens (including phenoxy) is 2. The highest BCUT2D eigenvalue weighted by molar-refractivity contribution is 8.02. The second-order valence-electron chi connectivity index (χ2n) is 11.1. The first kappa shape index (κ1) is 30.1. The first-order valence-corrected chi connectivity index (χ1v) is 15.3. The molecule has 1 N–H and O–H groups in total. The van der Waals surface area contributed by atoms with Crippen LogP contribution in [0.3, 0.4) is 0 Å². The minimum absolute atomic E-state index is 0.0306. The number of aliphatic hydroxyl groups is 1. The van der Waals surface area contributed by atoms with Crippen molar-refractivity contribution in [3.05, 3.63) is 25.3 Å². The molecule has 6 atom stereocenters. The van der Waals surface area contributed by atoms with Crippen molar-refractivity contribution in [3.63, 3.8) is 0 Å². The number of esters is 1. The lowest BCUT2D eigenvalue weighted by Gasteiger charge is -2.41. The van der Waals surface area contributed by atoms with Crippen LogP contribution in [-0.2, 0) is 23.9 Å². The number of rotatable bonds is 15. The second kappa shape index (κ2) is 13.7. The molecule has 0 aromatic rings. The first-order valence-electron chi connectivity index (χ1n) is 14.5. The van der Waals surface area contributed by atoms with Gasteiger partial charge in [-0.05, 0) is 38.0 Å². The number of carbonyl (C=O) groups is 3. The maximum absolute atomic E-state index is 14.4. The van der Waals surface area contributed by atoms with Gasteiger partial charge in [0.2, 0.25) is 11.8 Å². The summed E-state index contributed by atoms with van der Waals surface area (Å²) >= 11 is 1.67. The average Bonchev–Trinajstić information content (AvgIpc) is 3.53. The monoisotopic (exact) mass is 563 g/mol. The van der Waals surface area contributed by atoms with Crippen LogP contribution in [0.2, 0.25) is 0 Å². The molecule has 39 heavy (non-hydrogen) atoms. The van der Waals surface area contributed by atoms with Gasteiger partial charge in [0.25, 0.3) is 0 Å². The summed E-state index contributed by atoms with van der Waals surface area (Å²) in [5, 5.41) is 9.37. The molecule has 4 heterocycles. The number of morpholine rings is 1. The summed E-state index contributed by atoms with van der Waals surface area (Å²) in [5.41, 5.74) is 0. The van der Waals surface area contributed by atoms with Gasteiger partial charge in [-0.1, -0.05) is 19.1 Å². The Morgan fingerprint density at radius 2 is 1.97 bits per heavy atom. The molecule has 0 aromatic carbocycles. The zero-order valence-corrected chi connectivity index (χ0v) is 24.1. The molecular weight excluding hydrogens is 518 g/mol. The number of fused-ring (bicyclic) bond motifs is 1. The maximum Gasteiger partial charge on any atom is 0.310 e. The Morgan fingerprint density at radius 3 is 2.67 bits per heavy atom. The third kappa shape index (κ3) is 5.94. The zero-order valence-electron chi connectivity index (χ0n) is 23.3. The van der Waals surface area contributed by atoms with Gasteiger partial charge in [-0.3, -0.25) is 19.3 Å². The van der Waals surface area contributed by atoms with Crippen LogP contribution in [0.25, 0.3) is 0 Å². The van der Waals surface area contributed by atoms with E-state index in [2.05, 4.69) is 25.0 Å². The summed E-state index contributed by atoms with van der Waals surface area (Å²) in [6.07, 6.45) is 6.94. The topological polar surface area (TPSA) is 99.6 Å². The molecular formula is C29H45N3O6S. The molecule has 9 nitrogen and oxygen atoms in total. The van der Waals surface area contributed by atoms with Crippen LogP contribution in [-0.4, -0.2) is 119 Å². The van der Waals surface area contributed by atoms with Crippen LogP contribution >= 0.6 is 11.8 Å². The van der Waals surface area contributed by atoms with Gasteiger partial charge < -0.3 is 24.4 Å². The standard InChI is InChI=1S/C29H45N3O6S/c1-4-6-9-17-38-28(36)23-22-20-21(3)29(39-22)24(23)26(34)32(11-7-8-16-33)25(29)27(35)31(10-5-2)13-12-30-14-18-37-19-15-30/h4-5,21-25,33H,1-2,6-20H2,3H3/t21?,22-,23+,24-,25?,29?/m0/s1. The van der Waals surface area contributed by atoms with E-state index in [1.54, 1.807) is 28.8 Å². The van der Waals surface area contributed by atoms with Crippen LogP contribution in [0, 0.1) is 17.8 Å². The maximum atomic E-state index is 14.4. The molecule has 0 saturated carbocycles. The summed E-state index contributed by atoms with van der Waals surface area (Å²) in [5.74, 6) is -1.51. The van der Waals surface area contributed by atoms with Crippen molar-refractivity contribution >= 4 is 29.5 Å². The fourth-order valence-electron chi connectivity index (χ4n) is 6.91. The number of aliphatic hydroxyl groups excluding tert-OH is 1. The molecule has 1 spiro atoms. The van der Waals surface area contributed by atoms with Gasteiger partial charge in [-0.15, -0.1) is 24.9 Å². The third-order valence-corrected chi connectivity index (χ3v) is 10.9. The molecule has 0 aromatic heterocycles. The van der Waals surface area contributed by atoms with Crippen molar-refractivity contribution in [2.24, 2.45) is 17.8 Å². The molecule has 2 bridgehead atoms. The van der Waals surface area contributed by atoms with Gasteiger partial charge in [0.1, 0.15) is 6.04 Å². The minimum Gasteiger partial charge on any atom is -0.465 e. The van der Waals surface area contributed by atoms with E-state index in [1.807, 2.05) is 4.90 Å². The van der Waals surface area contributed by atoms with E-state index in [0.29, 0.717) is 58.7 Å². The van der Waals surface area contributed by atoms with E-state index in [0.717, 1.165) is 32.5 Å². The van der Waals surface area contributed by atoms with Crippen LogP contribution < -0.4 is 0 Å². The molecule has 0 aliphatic carbocycles. The number of nitrogens with zero attached hydrogens (tertiary/aromatic N) is 3. The third-order valence-electron chi connectivity index (χ3n) is 8.81. The van der Waals surface area contributed by atoms with E-state index >= 15 is 0 Å². The smallest absolute Gasteiger partial charge is 0.310 e. The Hall–Kier alpha value is -1.88. The average molecular weight is 564 g/mol. The molecule has 4 fully saturated rings. The largest absolute Gasteiger partial charge is 0.465 e. The van der Waals surface area contributed by atoms with Gasteiger partial charge in [0.15, 0.2) is 0 Å². The van der Waals surface area contributed by atoms with Gasteiger partial charge in [0, 0.05) is 51.1 Å². The molecule has 4 aliphatic rings. The number of likely N-dealkylation sites (tertiary alicyclic amines) is 1. The zero-order chi connectivity index (χ0) is 28.0. The Balaban J connectivity index is 1.60. The van der Waals surface area contributed by atoms with Crippen molar-refractivity contribution in [1.29, 1.82) is 0 Å². The molecule has 218 valence electrons. The lowest BCUT2D eigenvalue weighted by molar-refractivity contribution is -0.154. The number of unbranched alkanes of at least 4 members (excludes halogenated alkanes) is 2. The van der Waals surface area contributed by atoms with E-state index in [4.69, 9.17) is 9.47 Å². The van der Waals surface area contributed by atoms with Crippen molar-refractivity contribution in [3.8, 4) is 0 Å². The van der Waals surface area contributed by atoms with Gasteiger partial charge in [-0.25, -0.2) is 0 Å². The van der Waals surface area contributed by atoms with Crippen LogP contribution in [0.1, 0.15) is 39.0 Å².